The number of aryl methyl sites for hydroxylation is 2. The molecule has 2 aliphatic heterocycles. The van der Waals surface area contributed by atoms with Gasteiger partial charge in [0.1, 0.15) is 11.6 Å². The standard InChI is InChI=1S/C25H32N6O/c1-15-8-18-12-27-31(22(18)10-21(15)17-4-6-25(3,32)7-5-17)24-11-23(28-16(2)29-24)30-14-19-9-20(30)13-26-19/h8,10-12,17,19-20,26,32H,4-7,9,13-14H2,1-3H3/t17?,19?,20-,25?/m1/s1. The summed E-state index contributed by atoms with van der Waals surface area (Å²) in [6.45, 7) is 8.17. The third-order valence-corrected chi connectivity index (χ3v) is 7.84. The summed E-state index contributed by atoms with van der Waals surface area (Å²) in [4.78, 5) is 11.9. The first-order chi connectivity index (χ1) is 15.4. The van der Waals surface area contributed by atoms with Crippen molar-refractivity contribution in [1.29, 1.82) is 0 Å². The molecule has 2 N–H and O–H groups in total. The average Bonchev–Trinajstić information content (AvgIpc) is 3.48. The zero-order valence-electron chi connectivity index (χ0n) is 19.2. The molecule has 2 bridgehead atoms. The Morgan fingerprint density at radius 1 is 1.09 bits per heavy atom. The number of hydrogen-bond donors (Lipinski definition) is 2. The summed E-state index contributed by atoms with van der Waals surface area (Å²) >= 11 is 0. The van der Waals surface area contributed by atoms with Gasteiger partial charge in [-0.25, -0.2) is 14.6 Å². The lowest BCUT2D eigenvalue weighted by Gasteiger charge is -2.34. The van der Waals surface area contributed by atoms with Gasteiger partial charge in [0.2, 0.25) is 0 Å². The number of nitrogens with one attached hydrogen (secondary N) is 1. The van der Waals surface area contributed by atoms with Crippen molar-refractivity contribution >= 4 is 16.7 Å². The van der Waals surface area contributed by atoms with E-state index in [1.807, 2.05) is 24.7 Å². The van der Waals surface area contributed by atoms with Crippen LogP contribution >= 0.6 is 0 Å². The van der Waals surface area contributed by atoms with Gasteiger partial charge in [-0.1, -0.05) is 0 Å². The van der Waals surface area contributed by atoms with Crippen molar-refractivity contribution in [1.82, 2.24) is 25.1 Å². The van der Waals surface area contributed by atoms with Gasteiger partial charge in [-0.2, -0.15) is 5.10 Å². The number of hydrogen-bond acceptors (Lipinski definition) is 6. The maximum atomic E-state index is 10.4. The third-order valence-electron chi connectivity index (χ3n) is 7.84. The van der Waals surface area contributed by atoms with Gasteiger partial charge in [0.25, 0.3) is 0 Å². The molecule has 1 unspecified atom stereocenters. The predicted molar refractivity (Wildman–Crippen MR) is 126 cm³/mol. The van der Waals surface area contributed by atoms with Gasteiger partial charge in [0.05, 0.1) is 17.3 Å². The largest absolute Gasteiger partial charge is 0.390 e. The van der Waals surface area contributed by atoms with Crippen LogP contribution in [0.4, 0.5) is 5.82 Å². The van der Waals surface area contributed by atoms with Gasteiger partial charge in [-0.15, -0.1) is 0 Å². The number of aliphatic hydroxyl groups is 1. The van der Waals surface area contributed by atoms with E-state index in [0.29, 0.717) is 18.0 Å². The van der Waals surface area contributed by atoms with Crippen LogP contribution in [0.25, 0.3) is 16.7 Å². The summed E-state index contributed by atoms with van der Waals surface area (Å²) in [7, 11) is 0. The number of nitrogens with zero attached hydrogens (tertiary/aromatic N) is 5. The van der Waals surface area contributed by atoms with Crippen molar-refractivity contribution < 1.29 is 5.11 Å². The Morgan fingerprint density at radius 2 is 1.88 bits per heavy atom. The highest BCUT2D eigenvalue weighted by Crippen LogP contribution is 2.40. The third kappa shape index (κ3) is 3.39. The van der Waals surface area contributed by atoms with Crippen LogP contribution in [0.15, 0.2) is 24.4 Å². The van der Waals surface area contributed by atoms with Crippen LogP contribution in [0.5, 0.6) is 0 Å². The molecule has 6 rings (SSSR count). The van der Waals surface area contributed by atoms with Crippen molar-refractivity contribution in [3.63, 3.8) is 0 Å². The second-order valence-electron chi connectivity index (χ2n) is 10.4. The Labute approximate surface area is 188 Å². The molecule has 4 heterocycles. The monoisotopic (exact) mass is 432 g/mol. The number of fused-ring (bicyclic) bond motifs is 3. The fourth-order valence-corrected chi connectivity index (χ4v) is 6.01. The summed E-state index contributed by atoms with van der Waals surface area (Å²) in [6.07, 6.45) is 6.90. The molecule has 1 saturated carbocycles. The van der Waals surface area contributed by atoms with E-state index in [4.69, 9.17) is 15.1 Å². The van der Waals surface area contributed by atoms with Crippen LogP contribution in [0.1, 0.15) is 61.9 Å². The number of piperazine rings is 1. The molecule has 168 valence electrons. The lowest BCUT2D eigenvalue weighted by molar-refractivity contribution is 0.0171. The first kappa shape index (κ1) is 20.1. The van der Waals surface area contributed by atoms with Crippen LogP contribution < -0.4 is 10.2 Å². The lowest BCUT2D eigenvalue weighted by Crippen LogP contribution is -2.44. The first-order valence-electron chi connectivity index (χ1n) is 11.9. The molecule has 3 fully saturated rings. The molecule has 7 heteroatoms. The maximum Gasteiger partial charge on any atom is 0.159 e. The molecule has 2 atom stereocenters. The Balaban J connectivity index is 1.38. The fourth-order valence-electron chi connectivity index (χ4n) is 6.01. The minimum absolute atomic E-state index is 0.485. The second kappa shape index (κ2) is 7.25. The molecule has 0 radical (unpaired) electrons. The normalized spacial score (nSPS) is 29.9. The fraction of sp³-hybridized carbons (Fsp3) is 0.560. The minimum Gasteiger partial charge on any atom is -0.390 e. The Bertz CT molecular complexity index is 1170. The Morgan fingerprint density at radius 3 is 2.59 bits per heavy atom. The molecule has 1 aromatic carbocycles. The molecule has 32 heavy (non-hydrogen) atoms. The van der Waals surface area contributed by atoms with E-state index < -0.39 is 5.60 Å². The van der Waals surface area contributed by atoms with E-state index in [1.54, 1.807) is 0 Å². The van der Waals surface area contributed by atoms with E-state index >= 15 is 0 Å². The van der Waals surface area contributed by atoms with E-state index in [0.717, 1.165) is 67.1 Å². The number of benzene rings is 1. The topological polar surface area (TPSA) is 79.1 Å². The van der Waals surface area contributed by atoms with Gasteiger partial charge >= 0.3 is 0 Å². The van der Waals surface area contributed by atoms with Crippen molar-refractivity contribution in [2.75, 3.05) is 18.0 Å². The zero-order valence-corrected chi connectivity index (χ0v) is 19.2. The first-order valence-corrected chi connectivity index (χ1v) is 11.9. The molecule has 3 aliphatic rings. The summed E-state index contributed by atoms with van der Waals surface area (Å²) < 4.78 is 1.97. The van der Waals surface area contributed by atoms with E-state index in [1.165, 1.54) is 17.5 Å². The van der Waals surface area contributed by atoms with E-state index in [2.05, 4.69) is 35.3 Å². The van der Waals surface area contributed by atoms with Crippen LogP contribution in [-0.2, 0) is 0 Å². The molecule has 7 nitrogen and oxygen atoms in total. The van der Waals surface area contributed by atoms with Gasteiger partial charge < -0.3 is 15.3 Å². The van der Waals surface area contributed by atoms with Crippen LogP contribution in [0.3, 0.4) is 0 Å². The zero-order chi connectivity index (χ0) is 22.0. The van der Waals surface area contributed by atoms with Crippen LogP contribution in [0.2, 0.25) is 0 Å². The summed E-state index contributed by atoms with van der Waals surface area (Å²) in [5, 5.41) is 19.8. The van der Waals surface area contributed by atoms with Gasteiger partial charge in [0, 0.05) is 36.6 Å². The molecule has 1 aliphatic carbocycles. The van der Waals surface area contributed by atoms with Gasteiger partial charge in [0.15, 0.2) is 5.82 Å². The van der Waals surface area contributed by atoms with Gasteiger partial charge in [-0.05, 0) is 82.1 Å². The number of aromatic nitrogens is 4. The molecule has 3 aromatic rings. The van der Waals surface area contributed by atoms with E-state index in [9.17, 15) is 5.11 Å². The number of rotatable bonds is 3. The maximum absolute atomic E-state index is 10.4. The Kier molecular flexibility index (Phi) is 4.56. The van der Waals surface area contributed by atoms with Crippen molar-refractivity contribution in [3.05, 3.63) is 41.3 Å². The number of anilines is 1. The summed E-state index contributed by atoms with van der Waals surface area (Å²) in [5.74, 6) is 3.10. The summed E-state index contributed by atoms with van der Waals surface area (Å²) in [5.41, 5.74) is 3.26. The molecule has 0 amide bonds. The molecule has 2 saturated heterocycles. The molecule has 2 aromatic heterocycles. The van der Waals surface area contributed by atoms with Crippen LogP contribution in [0, 0.1) is 13.8 Å². The predicted octanol–water partition coefficient (Wildman–Crippen LogP) is 3.39. The van der Waals surface area contributed by atoms with Crippen LogP contribution in [-0.4, -0.2) is 55.6 Å². The highest BCUT2D eigenvalue weighted by molar-refractivity contribution is 5.82. The van der Waals surface area contributed by atoms with E-state index in [-0.39, 0.29) is 0 Å². The smallest absolute Gasteiger partial charge is 0.159 e. The molecular weight excluding hydrogens is 400 g/mol. The highest BCUT2D eigenvalue weighted by atomic mass is 16.3. The van der Waals surface area contributed by atoms with Gasteiger partial charge in [-0.3, -0.25) is 0 Å². The highest BCUT2D eigenvalue weighted by Gasteiger charge is 2.38. The molecular formula is C25H32N6O. The lowest BCUT2D eigenvalue weighted by atomic mass is 9.76. The SMILES string of the molecule is Cc1nc(N2CC3C[C@@H]2CN3)cc(-n2ncc3cc(C)c(C4CCC(C)(O)CC4)cc32)n1. The quantitative estimate of drug-likeness (QED) is 0.661. The van der Waals surface area contributed by atoms with Crippen molar-refractivity contribution in [2.24, 2.45) is 0 Å². The molecule has 0 spiro atoms. The minimum atomic E-state index is -0.518. The summed E-state index contributed by atoms with van der Waals surface area (Å²) in [6, 6.07) is 7.75. The van der Waals surface area contributed by atoms with Crippen molar-refractivity contribution in [3.8, 4) is 5.82 Å². The average molecular weight is 433 g/mol. The Hall–Kier alpha value is -2.51. The second-order valence-corrected chi connectivity index (χ2v) is 10.4. The van der Waals surface area contributed by atoms with Crippen molar-refractivity contribution in [2.45, 2.75) is 76.5 Å².